The molecule has 0 bridgehead atoms. The highest BCUT2D eigenvalue weighted by Crippen LogP contribution is 2.24. The molecular weight excluding hydrogens is 264 g/mol. The number of amides is 1. The van der Waals surface area contributed by atoms with Gasteiger partial charge in [-0.15, -0.1) is 0 Å². The fourth-order valence-corrected chi connectivity index (χ4v) is 2.07. The highest BCUT2D eigenvalue weighted by Gasteiger charge is 2.08. The number of hydrogen-bond donors (Lipinski definition) is 2. The fraction of sp³-hybridized carbons (Fsp3) is 0.235. The molecule has 0 fully saturated rings. The lowest BCUT2D eigenvalue weighted by Crippen LogP contribution is -2.13. The first-order valence-corrected chi connectivity index (χ1v) is 7.05. The van der Waals surface area contributed by atoms with E-state index in [2.05, 4.69) is 5.32 Å². The molecule has 0 aliphatic carbocycles. The van der Waals surface area contributed by atoms with Crippen LogP contribution in [0.2, 0.25) is 0 Å². The molecule has 2 rings (SSSR count). The van der Waals surface area contributed by atoms with Crippen LogP contribution in [-0.4, -0.2) is 12.5 Å². The number of benzene rings is 2. The molecular formula is C17H20N2O2. The van der Waals surface area contributed by atoms with E-state index in [-0.39, 0.29) is 5.91 Å². The van der Waals surface area contributed by atoms with Gasteiger partial charge in [0.25, 0.3) is 0 Å². The summed E-state index contributed by atoms with van der Waals surface area (Å²) in [5, 5.41) is 2.88. The van der Waals surface area contributed by atoms with Gasteiger partial charge in [0.15, 0.2) is 0 Å². The summed E-state index contributed by atoms with van der Waals surface area (Å²) >= 11 is 0. The van der Waals surface area contributed by atoms with Crippen molar-refractivity contribution in [1.29, 1.82) is 0 Å². The van der Waals surface area contributed by atoms with Crippen molar-refractivity contribution in [3.05, 3.63) is 54.1 Å². The summed E-state index contributed by atoms with van der Waals surface area (Å²) in [7, 11) is 0. The summed E-state index contributed by atoms with van der Waals surface area (Å²) in [5.41, 5.74) is 8.28. The second kappa shape index (κ2) is 7.33. The van der Waals surface area contributed by atoms with Gasteiger partial charge in [-0.2, -0.15) is 0 Å². The topological polar surface area (TPSA) is 64.3 Å². The number of nitrogens with one attached hydrogen (secondary N) is 1. The van der Waals surface area contributed by atoms with Crippen molar-refractivity contribution < 1.29 is 9.53 Å². The van der Waals surface area contributed by atoms with Crippen molar-refractivity contribution in [2.24, 2.45) is 0 Å². The Balaban J connectivity index is 1.95. The Morgan fingerprint density at radius 2 is 1.86 bits per heavy atom. The maximum atomic E-state index is 12.0. The lowest BCUT2D eigenvalue weighted by molar-refractivity contribution is -0.116. The Kier molecular flexibility index (Phi) is 5.21. The van der Waals surface area contributed by atoms with E-state index in [0.717, 1.165) is 11.3 Å². The zero-order valence-corrected chi connectivity index (χ0v) is 12.1. The van der Waals surface area contributed by atoms with Crippen molar-refractivity contribution in [3.8, 4) is 5.75 Å². The number of para-hydroxylation sites is 3. The van der Waals surface area contributed by atoms with Gasteiger partial charge in [0, 0.05) is 12.1 Å². The third-order valence-corrected chi connectivity index (χ3v) is 3.14. The van der Waals surface area contributed by atoms with Gasteiger partial charge in [-0.1, -0.05) is 30.3 Å². The number of nitrogens with two attached hydrogens (primary N) is 1. The number of anilines is 2. The van der Waals surface area contributed by atoms with Gasteiger partial charge in [0.2, 0.25) is 5.91 Å². The van der Waals surface area contributed by atoms with Gasteiger partial charge in [-0.05, 0) is 37.1 Å². The van der Waals surface area contributed by atoms with Crippen LogP contribution in [0.4, 0.5) is 11.4 Å². The van der Waals surface area contributed by atoms with E-state index in [1.165, 1.54) is 0 Å². The van der Waals surface area contributed by atoms with Crippen molar-refractivity contribution in [2.45, 2.75) is 19.8 Å². The van der Waals surface area contributed by atoms with Crippen molar-refractivity contribution in [3.63, 3.8) is 0 Å². The summed E-state index contributed by atoms with van der Waals surface area (Å²) in [5.74, 6) is 0.637. The number of aryl methyl sites for hydroxylation is 1. The van der Waals surface area contributed by atoms with Gasteiger partial charge < -0.3 is 15.8 Å². The molecule has 0 aromatic heterocycles. The van der Waals surface area contributed by atoms with E-state index in [9.17, 15) is 4.79 Å². The zero-order chi connectivity index (χ0) is 15.1. The number of carbonyl (C=O) groups excluding carboxylic acids is 1. The Hall–Kier alpha value is -2.49. The normalized spacial score (nSPS) is 10.1. The third kappa shape index (κ3) is 4.24. The highest BCUT2D eigenvalue weighted by atomic mass is 16.5. The van der Waals surface area contributed by atoms with Crippen LogP contribution in [0, 0.1) is 0 Å². The van der Waals surface area contributed by atoms with Crippen LogP contribution in [0.15, 0.2) is 48.5 Å². The van der Waals surface area contributed by atoms with Crippen LogP contribution in [-0.2, 0) is 11.2 Å². The molecule has 0 atom stereocenters. The minimum atomic E-state index is -0.0505. The van der Waals surface area contributed by atoms with E-state index in [4.69, 9.17) is 10.5 Å². The molecule has 110 valence electrons. The van der Waals surface area contributed by atoms with Gasteiger partial charge in [0.1, 0.15) is 5.75 Å². The number of hydrogen-bond acceptors (Lipinski definition) is 3. The summed E-state index contributed by atoms with van der Waals surface area (Å²) in [6.45, 7) is 2.48. The lowest BCUT2D eigenvalue weighted by Gasteiger charge is -2.11. The molecule has 21 heavy (non-hydrogen) atoms. The molecule has 0 aliphatic heterocycles. The number of ether oxygens (including phenoxy) is 1. The first-order chi connectivity index (χ1) is 10.2. The SMILES string of the molecule is CCOc1ccccc1NC(=O)CCc1ccccc1N. The van der Waals surface area contributed by atoms with Crippen molar-refractivity contribution >= 4 is 17.3 Å². The van der Waals surface area contributed by atoms with E-state index >= 15 is 0 Å². The molecule has 2 aromatic rings. The monoisotopic (exact) mass is 284 g/mol. The minimum Gasteiger partial charge on any atom is -0.492 e. The molecule has 0 unspecified atom stereocenters. The highest BCUT2D eigenvalue weighted by molar-refractivity contribution is 5.92. The predicted molar refractivity (Wildman–Crippen MR) is 85.4 cm³/mol. The Labute approximate surface area is 124 Å². The maximum absolute atomic E-state index is 12.0. The fourth-order valence-electron chi connectivity index (χ4n) is 2.07. The van der Waals surface area contributed by atoms with Crippen molar-refractivity contribution in [1.82, 2.24) is 0 Å². The molecule has 3 N–H and O–H groups in total. The molecule has 4 heteroatoms. The number of carbonyl (C=O) groups is 1. The summed E-state index contributed by atoms with van der Waals surface area (Å²) in [4.78, 5) is 12.0. The van der Waals surface area contributed by atoms with E-state index < -0.39 is 0 Å². The zero-order valence-electron chi connectivity index (χ0n) is 12.1. The predicted octanol–water partition coefficient (Wildman–Crippen LogP) is 3.24. The quantitative estimate of drug-likeness (QED) is 0.800. The molecule has 0 heterocycles. The van der Waals surface area contributed by atoms with E-state index in [1.807, 2.05) is 55.5 Å². The summed E-state index contributed by atoms with van der Waals surface area (Å²) in [6, 6.07) is 15.0. The van der Waals surface area contributed by atoms with Crippen molar-refractivity contribution in [2.75, 3.05) is 17.7 Å². The largest absolute Gasteiger partial charge is 0.492 e. The van der Waals surface area contributed by atoms with Crippen LogP contribution < -0.4 is 15.8 Å². The summed E-state index contributed by atoms with van der Waals surface area (Å²) < 4.78 is 5.49. The first kappa shape index (κ1) is 14.9. The standard InChI is InChI=1S/C17H20N2O2/c1-2-21-16-10-6-5-9-15(16)19-17(20)12-11-13-7-3-4-8-14(13)18/h3-10H,2,11-12,18H2,1H3,(H,19,20). The van der Waals surface area contributed by atoms with Gasteiger partial charge in [0.05, 0.1) is 12.3 Å². The Morgan fingerprint density at radius 3 is 2.62 bits per heavy atom. The number of nitrogen functional groups attached to an aromatic ring is 1. The van der Waals surface area contributed by atoms with Gasteiger partial charge in [-0.3, -0.25) is 4.79 Å². The molecule has 4 nitrogen and oxygen atoms in total. The van der Waals surface area contributed by atoms with E-state index in [0.29, 0.717) is 30.9 Å². The van der Waals surface area contributed by atoms with E-state index in [1.54, 1.807) is 0 Å². The van der Waals surface area contributed by atoms with Crippen LogP contribution in [0.5, 0.6) is 5.75 Å². The molecule has 0 radical (unpaired) electrons. The van der Waals surface area contributed by atoms with Gasteiger partial charge >= 0.3 is 0 Å². The minimum absolute atomic E-state index is 0.0505. The van der Waals surface area contributed by atoms with Crippen LogP contribution in [0.3, 0.4) is 0 Å². The first-order valence-electron chi connectivity index (χ1n) is 7.05. The van der Waals surface area contributed by atoms with Crippen LogP contribution in [0.1, 0.15) is 18.9 Å². The Morgan fingerprint density at radius 1 is 1.14 bits per heavy atom. The molecule has 0 spiro atoms. The second-order valence-electron chi connectivity index (χ2n) is 4.68. The molecule has 2 aromatic carbocycles. The number of rotatable bonds is 6. The molecule has 0 saturated heterocycles. The smallest absolute Gasteiger partial charge is 0.224 e. The average molecular weight is 284 g/mol. The molecule has 1 amide bonds. The van der Waals surface area contributed by atoms with Gasteiger partial charge in [-0.25, -0.2) is 0 Å². The Bertz CT molecular complexity index is 611. The lowest BCUT2D eigenvalue weighted by atomic mass is 10.1. The third-order valence-electron chi connectivity index (χ3n) is 3.14. The van der Waals surface area contributed by atoms with Crippen LogP contribution >= 0.6 is 0 Å². The summed E-state index contributed by atoms with van der Waals surface area (Å²) in [6.07, 6.45) is 1.00. The average Bonchev–Trinajstić information content (AvgIpc) is 2.49. The van der Waals surface area contributed by atoms with Crippen LogP contribution in [0.25, 0.3) is 0 Å². The second-order valence-corrected chi connectivity index (χ2v) is 4.68. The molecule has 0 aliphatic rings. The molecule has 0 saturated carbocycles. The maximum Gasteiger partial charge on any atom is 0.224 e.